The van der Waals surface area contributed by atoms with Gasteiger partial charge in [-0.3, -0.25) is 0 Å². The zero-order valence-electron chi connectivity index (χ0n) is 16.8. The molecule has 0 unspecified atom stereocenters. The maximum absolute atomic E-state index is 6.36. The van der Waals surface area contributed by atoms with Crippen molar-refractivity contribution in [1.29, 1.82) is 0 Å². The minimum Gasteiger partial charge on any atom is -0.494 e. The summed E-state index contributed by atoms with van der Waals surface area (Å²) >= 11 is 0. The van der Waals surface area contributed by atoms with Gasteiger partial charge in [-0.1, -0.05) is 24.3 Å². The summed E-state index contributed by atoms with van der Waals surface area (Å²) in [5, 5.41) is 0. The van der Waals surface area contributed by atoms with Crippen LogP contribution in [0.25, 0.3) is 5.57 Å². The van der Waals surface area contributed by atoms with Crippen LogP contribution in [0.1, 0.15) is 31.9 Å². The molecule has 4 nitrogen and oxygen atoms in total. The number of hydrogen-bond acceptors (Lipinski definition) is 4. The van der Waals surface area contributed by atoms with Crippen LogP contribution in [0.4, 0.5) is 0 Å². The van der Waals surface area contributed by atoms with Crippen LogP contribution in [0, 0.1) is 0 Å². The largest absolute Gasteiger partial charge is 0.494 e. The molecule has 2 aromatic rings. The van der Waals surface area contributed by atoms with Crippen molar-refractivity contribution >= 4 is 5.57 Å². The topological polar surface area (TPSA) is 30.9 Å². The van der Waals surface area contributed by atoms with Crippen LogP contribution in [-0.4, -0.2) is 31.3 Å². The summed E-state index contributed by atoms with van der Waals surface area (Å²) in [5.74, 6) is 1.77. The normalized spacial score (nSPS) is 21.0. The number of benzene rings is 2. The molecule has 0 amide bonds. The van der Waals surface area contributed by atoms with Crippen molar-refractivity contribution in [2.45, 2.75) is 26.5 Å². The third-order valence-corrected chi connectivity index (χ3v) is 5.26. The Labute approximate surface area is 167 Å². The molecule has 4 rings (SSSR count). The summed E-state index contributed by atoms with van der Waals surface area (Å²) in [7, 11) is 0. The molecule has 28 heavy (non-hydrogen) atoms. The predicted octanol–water partition coefficient (Wildman–Crippen LogP) is 4.97. The first-order chi connectivity index (χ1) is 13.7. The Bertz CT molecular complexity index is 883. The van der Waals surface area contributed by atoms with Gasteiger partial charge < -0.3 is 19.1 Å². The van der Waals surface area contributed by atoms with Crippen LogP contribution in [-0.2, 0) is 10.5 Å². The van der Waals surface area contributed by atoms with Gasteiger partial charge in [-0.2, -0.15) is 0 Å². The number of rotatable bonds is 6. The predicted molar refractivity (Wildman–Crippen MR) is 111 cm³/mol. The molecule has 1 atom stereocenters. The molecular weight excluding hydrogens is 350 g/mol. The smallest absolute Gasteiger partial charge is 0.187 e. The lowest BCUT2D eigenvalue weighted by Crippen LogP contribution is -2.41. The first-order valence-electron chi connectivity index (χ1n) is 9.95. The van der Waals surface area contributed by atoms with E-state index in [9.17, 15) is 0 Å². The highest BCUT2D eigenvalue weighted by Gasteiger charge is 2.44. The zero-order chi connectivity index (χ0) is 19.6. The number of nitrogens with zero attached hydrogens (tertiary/aromatic N) is 1. The van der Waals surface area contributed by atoms with Gasteiger partial charge in [-0.15, -0.1) is 0 Å². The summed E-state index contributed by atoms with van der Waals surface area (Å²) in [6, 6.07) is 16.5. The van der Waals surface area contributed by atoms with E-state index < -0.39 is 5.72 Å². The minimum atomic E-state index is -0.572. The van der Waals surface area contributed by atoms with E-state index in [1.54, 1.807) is 0 Å². The van der Waals surface area contributed by atoms with Crippen molar-refractivity contribution in [1.82, 2.24) is 4.90 Å². The van der Waals surface area contributed by atoms with Crippen molar-refractivity contribution in [2.24, 2.45) is 0 Å². The molecule has 0 spiro atoms. The van der Waals surface area contributed by atoms with Crippen molar-refractivity contribution in [2.75, 3.05) is 26.4 Å². The van der Waals surface area contributed by atoms with Crippen molar-refractivity contribution in [3.05, 3.63) is 77.5 Å². The summed E-state index contributed by atoms with van der Waals surface area (Å²) in [4.78, 5) is 2.33. The van der Waals surface area contributed by atoms with Crippen molar-refractivity contribution in [3.63, 3.8) is 0 Å². The Morgan fingerprint density at radius 3 is 2.14 bits per heavy atom. The monoisotopic (exact) mass is 377 g/mol. The quantitative estimate of drug-likeness (QED) is 0.711. The fourth-order valence-corrected chi connectivity index (χ4v) is 4.01. The van der Waals surface area contributed by atoms with E-state index in [1.165, 1.54) is 5.70 Å². The van der Waals surface area contributed by atoms with E-state index in [0.29, 0.717) is 19.8 Å². The van der Waals surface area contributed by atoms with E-state index in [-0.39, 0.29) is 0 Å². The van der Waals surface area contributed by atoms with Gasteiger partial charge >= 0.3 is 0 Å². The summed E-state index contributed by atoms with van der Waals surface area (Å²) in [6.07, 6.45) is 4.47. The number of hydrogen-bond donors (Lipinski definition) is 0. The second kappa shape index (κ2) is 7.72. The zero-order valence-corrected chi connectivity index (χ0v) is 16.8. The van der Waals surface area contributed by atoms with Gasteiger partial charge in [0.1, 0.15) is 11.5 Å². The maximum atomic E-state index is 6.36. The van der Waals surface area contributed by atoms with E-state index in [0.717, 1.165) is 34.7 Å². The van der Waals surface area contributed by atoms with Gasteiger partial charge in [-0.25, -0.2) is 0 Å². The Hall–Kier alpha value is -2.72. The summed E-state index contributed by atoms with van der Waals surface area (Å²) in [6.45, 7) is 9.06. The van der Waals surface area contributed by atoms with Gasteiger partial charge in [0.25, 0.3) is 0 Å². The van der Waals surface area contributed by atoms with E-state index in [2.05, 4.69) is 48.2 Å². The van der Waals surface area contributed by atoms with E-state index >= 15 is 0 Å². The van der Waals surface area contributed by atoms with Crippen LogP contribution >= 0.6 is 0 Å². The van der Waals surface area contributed by atoms with Crippen LogP contribution in [0.2, 0.25) is 0 Å². The van der Waals surface area contributed by atoms with Crippen molar-refractivity contribution < 1.29 is 14.2 Å². The average molecular weight is 377 g/mol. The Morgan fingerprint density at radius 2 is 1.54 bits per heavy atom. The standard InChI is InChI=1S/C24H27NO3/c1-4-26-22-10-6-19(7-11-22)20-16-18(3)25-14-15-28-24(25,17-20)21-8-12-23(13-9-21)27-5-2/h6-13,16-17H,4-5,14-15H2,1-3H3/t24-/m0/s1. The van der Waals surface area contributed by atoms with E-state index in [1.807, 2.05) is 38.1 Å². The molecule has 0 radical (unpaired) electrons. The Morgan fingerprint density at radius 1 is 0.929 bits per heavy atom. The molecule has 0 saturated carbocycles. The highest BCUT2D eigenvalue weighted by atomic mass is 16.5. The van der Waals surface area contributed by atoms with Gasteiger partial charge in [0.15, 0.2) is 5.72 Å². The van der Waals surface area contributed by atoms with Gasteiger partial charge in [0.2, 0.25) is 0 Å². The average Bonchev–Trinajstić information content (AvgIpc) is 3.15. The SMILES string of the molecule is CCOc1ccc(C2=C[C@@]3(c4ccc(OCC)cc4)OCCN3C(C)=C2)cc1. The van der Waals surface area contributed by atoms with Crippen LogP contribution in [0.5, 0.6) is 11.5 Å². The lowest BCUT2D eigenvalue weighted by Gasteiger charge is -2.40. The number of allylic oxidation sites excluding steroid dienone is 3. The van der Waals surface area contributed by atoms with Crippen LogP contribution in [0.15, 0.2) is 66.4 Å². The fourth-order valence-electron chi connectivity index (χ4n) is 4.01. The second-order valence-electron chi connectivity index (χ2n) is 7.00. The third-order valence-electron chi connectivity index (χ3n) is 5.26. The molecule has 1 saturated heterocycles. The lowest BCUT2D eigenvalue weighted by molar-refractivity contribution is -0.0310. The second-order valence-corrected chi connectivity index (χ2v) is 7.00. The van der Waals surface area contributed by atoms with Crippen LogP contribution < -0.4 is 9.47 Å². The van der Waals surface area contributed by atoms with Crippen LogP contribution in [0.3, 0.4) is 0 Å². The molecule has 2 aliphatic heterocycles. The van der Waals surface area contributed by atoms with Gasteiger partial charge in [0, 0.05) is 17.8 Å². The first-order valence-corrected chi connectivity index (χ1v) is 9.95. The summed E-state index contributed by atoms with van der Waals surface area (Å²) in [5.41, 5.74) is 4.07. The van der Waals surface area contributed by atoms with Crippen molar-refractivity contribution in [3.8, 4) is 11.5 Å². The molecular formula is C24H27NO3. The Balaban J connectivity index is 1.73. The minimum absolute atomic E-state index is 0.572. The molecule has 0 bridgehead atoms. The first kappa shape index (κ1) is 18.6. The fraction of sp³-hybridized carbons (Fsp3) is 0.333. The maximum Gasteiger partial charge on any atom is 0.187 e. The number of fused-ring (bicyclic) bond motifs is 1. The highest BCUT2D eigenvalue weighted by Crippen LogP contribution is 2.44. The molecule has 0 aromatic heterocycles. The molecule has 2 aromatic carbocycles. The molecule has 1 fully saturated rings. The Kier molecular flexibility index (Phi) is 5.14. The molecule has 2 aliphatic rings. The molecule has 0 aliphatic carbocycles. The van der Waals surface area contributed by atoms with Gasteiger partial charge in [0.05, 0.1) is 19.8 Å². The van der Waals surface area contributed by atoms with Gasteiger partial charge in [-0.05, 0) is 68.3 Å². The molecule has 0 N–H and O–H groups in total. The molecule has 2 heterocycles. The highest BCUT2D eigenvalue weighted by molar-refractivity contribution is 5.77. The molecule has 146 valence electrons. The number of ether oxygens (including phenoxy) is 3. The third kappa shape index (κ3) is 3.29. The molecule has 4 heteroatoms. The summed E-state index contributed by atoms with van der Waals surface area (Å²) < 4.78 is 17.5. The van der Waals surface area contributed by atoms with E-state index in [4.69, 9.17) is 14.2 Å². The lowest BCUT2D eigenvalue weighted by atomic mass is 9.91.